The Morgan fingerprint density at radius 1 is 1.48 bits per heavy atom. The maximum Gasteiger partial charge on any atom is 0.348 e. The average Bonchev–Trinajstić information content (AvgIpc) is 3.12. The number of anilines is 1. The molecule has 0 fully saturated rings. The summed E-state index contributed by atoms with van der Waals surface area (Å²) in [6.45, 7) is 2.00. The van der Waals surface area contributed by atoms with Crippen LogP contribution in [0.25, 0.3) is 10.2 Å². The van der Waals surface area contributed by atoms with Gasteiger partial charge < -0.3 is 10.5 Å². The van der Waals surface area contributed by atoms with Crippen LogP contribution in [0.1, 0.15) is 27.7 Å². The number of aromatic nitrogens is 1. The van der Waals surface area contributed by atoms with Crippen molar-refractivity contribution in [3.05, 3.63) is 39.2 Å². The van der Waals surface area contributed by atoms with Gasteiger partial charge in [0, 0.05) is 16.3 Å². The van der Waals surface area contributed by atoms with Gasteiger partial charge in [0.05, 0.1) is 22.4 Å². The van der Waals surface area contributed by atoms with E-state index in [1.165, 1.54) is 23.1 Å². The van der Waals surface area contributed by atoms with E-state index in [9.17, 15) is 10.1 Å². The molecule has 0 unspecified atom stereocenters. The fraction of sp³-hybridized carbons (Fsp3) is 0.188. The molecule has 9 heteroatoms. The molecule has 0 radical (unpaired) electrons. The van der Waals surface area contributed by atoms with E-state index in [1.807, 2.05) is 18.2 Å². The molecule has 2 N–H and O–H groups in total. The van der Waals surface area contributed by atoms with Crippen LogP contribution in [-0.4, -0.2) is 17.6 Å². The predicted octanol–water partition coefficient (Wildman–Crippen LogP) is 4.93. The van der Waals surface area contributed by atoms with E-state index in [0.29, 0.717) is 31.8 Å². The Hall–Kier alpha value is -1.79. The number of ether oxygens (including phenoxy) is 1. The molecule has 1 aromatic carbocycles. The highest BCUT2D eigenvalue weighted by atomic mass is 35.5. The van der Waals surface area contributed by atoms with Crippen LogP contribution in [0.5, 0.6) is 0 Å². The van der Waals surface area contributed by atoms with Crippen LogP contribution in [0.15, 0.2) is 22.5 Å². The molecule has 25 heavy (non-hydrogen) atoms. The Morgan fingerprint density at radius 3 is 3.00 bits per heavy atom. The number of nitrogens with zero attached hydrogens (tertiary/aromatic N) is 2. The van der Waals surface area contributed by atoms with Crippen molar-refractivity contribution in [3.63, 3.8) is 0 Å². The lowest BCUT2D eigenvalue weighted by Crippen LogP contribution is -2.05. The first-order chi connectivity index (χ1) is 12.0. The summed E-state index contributed by atoms with van der Waals surface area (Å²) in [5.41, 5.74) is 7.65. The van der Waals surface area contributed by atoms with Gasteiger partial charge in [-0.1, -0.05) is 23.4 Å². The Kier molecular flexibility index (Phi) is 5.49. The summed E-state index contributed by atoms with van der Waals surface area (Å²) in [7, 11) is 0. The van der Waals surface area contributed by atoms with Gasteiger partial charge in [-0.15, -0.1) is 22.7 Å². The fourth-order valence-corrected chi connectivity index (χ4v) is 5.45. The number of rotatable bonds is 5. The van der Waals surface area contributed by atoms with Gasteiger partial charge in [-0.2, -0.15) is 5.26 Å². The van der Waals surface area contributed by atoms with Crippen molar-refractivity contribution < 1.29 is 9.53 Å². The number of nitriles is 1. The molecule has 3 aromatic rings. The number of carbonyl (C=O) groups is 1. The molecule has 0 bridgehead atoms. The topological polar surface area (TPSA) is 89.0 Å². The Bertz CT molecular complexity index is 991. The zero-order valence-corrected chi connectivity index (χ0v) is 16.2. The van der Waals surface area contributed by atoms with Gasteiger partial charge in [-0.25, -0.2) is 9.78 Å². The van der Waals surface area contributed by atoms with Crippen LogP contribution >= 0.6 is 46.0 Å². The van der Waals surface area contributed by atoms with Crippen molar-refractivity contribution in [2.45, 2.75) is 17.0 Å². The number of hydrogen-bond acceptors (Lipinski definition) is 8. The van der Waals surface area contributed by atoms with Crippen LogP contribution in [0.2, 0.25) is 5.02 Å². The normalized spacial score (nSPS) is 10.8. The monoisotopic (exact) mass is 409 g/mol. The van der Waals surface area contributed by atoms with Crippen molar-refractivity contribution in [2.24, 2.45) is 0 Å². The number of benzene rings is 1. The van der Waals surface area contributed by atoms with Crippen LogP contribution in [0.3, 0.4) is 0 Å². The van der Waals surface area contributed by atoms with Crippen molar-refractivity contribution in [1.82, 2.24) is 4.98 Å². The van der Waals surface area contributed by atoms with E-state index in [4.69, 9.17) is 22.1 Å². The van der Waals surface area contributed by atoms with Crippen molar-refractivity contribution in [1.29, 1.82) is 5.26 Å². The van der Waals surface area contributed by atoms with E-state index in [-0.39, 0.29) is 6.61 Å². The number of thiazole rings is 1. The minimum absolute atomic E-state index is 0.268. The Balaban J connectivity index is 1.88. The second-order valence-electron chi connectivity index (χ2n) is 4.86. The largest absolute Gasteiger partial charge is 0.462 e. The maximum absolute atomic E-state index is 12.1. The number of hydrogen-bond donors (Lipinski definition) is 1. The first-order valence-electron chi connectivity index (χ1n) is 7.20. The minimum Gasteiger partial charge on any atom is -0.462 e. The Labute approximate surface area is 161 Å². The smallest absolute Gasteiger partial charge is 0.348 e. The van der Waals surface area contributed by atoms with Crippen molar-refractivity contribution >= 4 is 67.2 Å². The summed E-state index contributed by atoms with van der Waals surface area (Å²) in [5.74, 6) is -0.0365. The number of fused-ring (bicyclic) bond motifs is 1. The van der Waals surface area contributed by atoms with Crippen LogP contribution < -0.4 is 5.73 Å². The summed E-state index contributed by atoms with van der Waals surface area (Å²) in [6, 6.07) is 7.64. The number of carbonyl (C=O) groups excluding carboxylic acids is 1. The van der Waals surface area contributed by atoms with E-state index in [2.05, 4.69) is 11.1 Å². The lowest BCUT2D eigenvalue weighted by Gasteiger charge is -2.03. The number of thiophene rings is 1. The maximum atomic E-state index is 12.1. The van der Waals surface area contributed by atoms with Gasteiger partial charge >= 0.3 is 5.97 Å². The van der Waals surface area contributed by atoms with Gasteiger partial charge in [0.2, 0.25) is 0 Å². The number of esters is 1. The lowest BCUT2D eigenvalue weighted by molar-refractivity contribution is 0.0531. The van der Waals surface area contributed by atoms with E-state index in [1.54, 1.807) is 6.92 Å². The van der Waals surface area contributed by atoms with Gasteiger partial charge in [0.1, 0.15) is 15.9 Å². The first-order valence-corrected chi connectivity index (χ1v) is 10.2. The zero-order valence-electron chi connectivity index (χ0n) is 13.0. The fourth-order valence-electron chi connectivity index (χ4n) is 2.18. The quantitative estimate of drug-likeness (QED) is 0.474. The molecule has 5 nitrogen and oxygen atoms in total. The van der Waals surface area contributed by atoms with Crippen LogP contribution in [0, 0.1) is 11.3 Å². The molecule has 0 saturated heterocycles. The summed E-state index contributed by atoms with van der Waals surface area (Å²) in [4.78, 5) is 17.0. The predicted molar refractivity (Wildman–Crippen MR) is 104 cm³/mol. The molecule has 128 valence electrons. The molecular weight excluding hydrogens is 398 g/mol. The number of thioether (sulfide) groups is 1. The lowest BCUT2D eigenvalue weighted by atomic mass is 10.2. The van der Waals surface area contributed by atoms with E-state index < -0.39 is 5.97 Å². The molecule has 2 heterocycles. The zero-order chi connectivity index (χ0) is 18.0. The number of nitrogens with two attached hydrogens (primary N) is 1. The highest BCUT2D eigenvalue weighted by Gasteiger charge is 2.23. The molecule has 0 amide bonds. The molecule has 0 saturated carbocycles. The Morgan fingerprint density at radius 2 is 2.28 bits per heavy atom. The third kappa shape index (κ3) is 3.75. The van der Waals surface area contributed by atoms with Gasteiger partial charge in [0.25, 0.3) is 0 Å². The minimum atomic E-state index is -0.451. The van der Waals surface area contributed by atoms with E-state index in [0.717, 1.165) is 25.9 Å². The van der Waals surface area contributed by atoms with Crippen LogP contribution in [-0.2, 0) is 10.5 Å². The highest BCUT2D eigenvalue weighted by Crippen LogP contribution is 2.38. The number of nitrogen functional groups attached to an aromatic ring is 1. The van der Waals surface area contributed by atoms with E-state index >= 15 is 0 Å². The summed E-state index contributed by atoms with van der Waals surface area (Å²) in [5, 5.41) is 10.3. The molecular formula is C16H12ClN3O2S3. The summed E-state index contributed by atoms with van der Waals surface area (Å²) < 4.78 is 6.93. The second kappa shape index (κ2) is 7.62. The molecule has 0 aliphatic heterocycles. The van der Waals surface area contributed by atoms with Gasteiger partial charge in [-0.05, 0) is 25.1 Å². The van der Waals surface area contributed by atoms with Gasteiger partial charge in [-0.3, -0.25) is 0 Å². The first kappa shape index (κ1) is 18.0. The summed E-state index contributed by atoms with van der Waals surface area (Å²) >= 11 is 10.1. The van der Waals surface area contributed by atoms with Gasteiger partial charge in [0.15, 0.2) is 4.34 Å². The van der Waals surface area contributed by atoms with Crippen molar-refractivity contribution in [2.75, 3.05) is 12.3 Å². The number of halogens is 1. The summed E-state index contributed by atoms with van der Waals surface area (Å²) in [6.07, 6.45) is 0. The molecule has 0 atom stereocenters. The second-order valence-corrected chi connectivity index (χ2v) is 8.60. The molecule has 0 spiro atoms. The molecule has 3 rings (SSSR count). The van der Waals surface area contributed by atoms with Crippen LogP contribution in [0.4, 0.5) is 5.00 Å². The standard InChI is InChI=1S/C16H12ClN3O2S3/c1-2-22-15(21)13-10(9(6-18)14(19)25-13)7-23-16-20-11-5-8(17)3-4-12(11)24-16/h3-5H,2,7,19H2,1H3. The average molecular weight is 410 g/mol. The molecule has 2 aromatic heterocycles. The SMILES string of the molecule is CCOC(=O)c1sc(N)c(C#N)c1CSc1nc2cc(Cl)ccc2s1. The molecule has 0 aliphatic carbocycles. The molecule has 0 aliphatic rings. The highest BCUT2D eigenvalue weighted by molar-refractivity contribution is 8.00. The van der Waals surface area contributed by atoms with Crippen molar-refractivity contribution in [3.8, 4) is 6.07 Å². The third-order valence-electron chi connectivity index (χ3n) is 3.28. The third-order valence-corrected chi connectivity index (χ3v) is 6.76.